The van der Waals surface area contributed by atoms with Crippen molar-refractivity contribution in [3.05, 3.63) is 63.5 Å². The Balaban J connectivity index is 2.00. The van der Waals surface area contributed by atoms with E-state index in [0.29, 0.717) is 0 Å². The van der Waals surface area contributed by atoms with Crippen LogP contribution in [0.1, 0.15) is 60.0 Å². The lowest BCUT2D eigenvalue weighted by Gasteiger charge is -2.15. The van der Waals surface area contributed by atoms with Crippen LogP contribution in [0.3, 0.4) is 0 Å². The summed E-state index contributed by atoms with van der Waals surface area (Å²) in [6.07, 6.45) is 2.51. The molecule has 0 spiro atoms. The lowest BCUT2D eigenvalue weighted by molar-refractivity contribution is -0.144. The Labute approximate surface area is 184 Å². The summed E-state index contributed by atoms with van der Waals surface area (Å²) in [5.41, 5.74) is 6.02. The predicted molar refractivity (Wildman–Crippen MR) is 121 cm³/mol. The summed E-state index contributed by atoms with van der Waals surface area (Å²) in [6, 6.07) is 9.60. The van der Waals surface area contributed by atoms with E-state index in [-0.39, 0.29) is 11.6 Å². The average Bonchev–Trinajstić information content (AvgIpc) is 2.99. The molecule has 0 saturated heterocycles. The van der Waals surface area contributed by atoms with Gasteiger partial charge in [-0.3, -0.25) is 4.79 Å². The third kappa shape index (κ3) is 6.08. The van der Waals surface area contributed by atoms with Gasteiger partial charge in [-0.05, 0) is 75.4 Å². The second kappa shape index (κ2) is 10.6. The maximum Gasteiger partial charge on any atom is 0.349 e. The Morgan fingerprint density at radius 2 is 1.90 bits per heavy atom. The normalized spacial score (nSPS) is 12.2. The lowest BCUT2D eigenvalue weighted by atomic mass is 10.0. The van der Waals surface area contributed by atoms with E-state index >= 15 is 0 Å². The van der Waals surface area contributed by atoms with Gasteiger partial charge in [0.05, 0.1) is 6.04 Å². The minimum absolute atomic E-state index is 0.133. The summed E-state index contributed by atoms with van der Waals surface area (Å²) in [5, 5.41) is 12.2. The molecule has 1 aromatic heterocycles. The van der Waals surface area contributed by atoms with Crippen molar-refractivity contribution in [2.24, 2.45) is 0 Å². The molecule has 1 aromatic carbocycles. The number of ether oxygens (including phenoxy) is 1. The van der Waals surface area contributed by atoms with E-state index in [1.165, 1.54) is 11.6 Å². The number of nitrogens with one attached hydrogen (secondary N) is 1. The minimum Gasteiger partial charge on any atom is -0.451 e. The third-order valence-corrected chi connectivity index (χ3v) is 5.44. The molecular formula is C25H31N3O3. The highest BCUT2D eigenvalue weighted by molar-refractivity contribution is 5.99. The number of benzene rings is 1. The number of carbonyl (C=O) groups excluding carboxylic acids is 2. The van der Waals surface area contributed by atoms with Crippen molar-refractivity contribution >= 4 is 18.0 Å². The van der Waals surface area contributed by atoms with Gasteiger partial charge in [0.25, 0.3) is 5.91 Å². The number of nitrogens with zero attached hydrogens (tertiary/aromatic N) is 2. The van der Waals surface area contributed by atoms with Crippen molar-refractivity contribution in [1.82, 2.24) is 9.88 Å². The molecule has 2 rings (SSSR count). The molecule has 0 aliphatic heterocycles. The standard InChI is InChI=1S/C25H31N3O3/c1-7-10-28-18(4)12-22(20(28)6)13-23(14-26)25(30)31-15-24(29)27-19(5)21-9-8-16(2)17(3)11-21/h8-9,11-13,19H,7,10,15H2,1-6H3,(H,27,29)/b23-13+. The molecular weight excluding hydrogens is 390 g/mol. The van der Waals surface area contributed by atoms with Gasteiger partial charge in [-0.1, -0.05) is 25.1 Å². The summed E-state index contributed by atoms with van der Waals surface area (Å²) in [4.78, 5) is 24.6. The van der Waals surface area contributed by atoms with Gasteiger partial charge >= 0.3 is 5.97 Å². The smallest absolute Gasteiger partial charge is 0.349 e. The molecule has 1 unspecified atom stereocenters. The predicted octanol–water partition coefficient (Wildman–Crippen LogP) is 4.46. The number of carbonyl (C=O) groups is 2. The van der Waals surface area contributed by atoms with Gasteiger partial charge < -0.3 is 14.6 Å². The van der Waals surface area contributed by atoms with Crippen molar-refractivity contribution in [1.29, 1.82) is 5.26 Å². The van der Waals surface area contributed by atoms with Crippen LogP contribution in [-0.4, -0.2) is 23.1 Å². The van der Waals surface area contributed by atoms with Gasteiger partial charge in [0.1, 0.15) is 11.6 Å². The van der Waals surface area contributed by atoms with Crippen LogP contribution in [0.5, 0.6) is 0 Å². The van der Waals surface area contributed by atoms with Crippen molar-refractivity contribution in [2.75, 3.05) is 6.61 Å². The molecule has 6 heteroatoms. The molecule has 2 aromatic rings. The van der Waals surface area contributed by atoms with Crippen LogP contribution in [0, 0.1) is 39.0 Å². The Kier molecular flexibility index (Phi) is 8.21. The van der Waals surface area contributed by atoms with Crippen LogP contribution >= 0.6 is 0 Å². The summed E-state index contributed by atoms with van der Waals surface area (Å²) in [5.74, 6) is -1.23. The van der Waals surface area contributed by atoms with Gasteiger partial charge in [-0.2, -0.15) is 5.26 Å². The summed E-state index contributed by atoms with van der Waals surface area (Å²) >= 11 is 0. The summed E-state index contributed by atoms with van der Waals surface area (Å²) in [7, 11) is 0. The first-order valence-corrected chi connectivity index (χ1v) is 10.5. The van der Waals surface area contributed by atoms with Crippen LogP contribution in [0.15, 0.2) is 29.8 Å². The fourth-order valence-corrected chi connectivity index (χ4v) is 3.44. The fourth-order valence-electron chi connectivity index (χ4n) is 3.44. The summed E-state index contributed by atoms with van der Waals surface area (Å²) < 4.78 is 7.23. The second-order valence-electron chi connectivity index (χ2n) is 7.86. The van der Waals surface area contributed by atoms with Crippen LogP contribution in [-0.2, 0) is 20.9 Å². The van der Waals surface area contributed by atoms with Gasteiger partial charge in [0, 0.05) is 17.9 Å². The Morgan fingerprint density at radius 3 is 2.52 bits per heavy atom. The van der Waals surface area contributed by atoms with Crippen molar-refractivity contribution in [3.63, 3.8) is 0 Å². The lowest BCUT2D eigenvalue weighted by Crippen LogP contribution is -2.31. The van der Waals surface area contributed by atoms with Crippen LogP contribution in [0.25, 0.3) is 6.08 Å². The molecule has 1 amide bonds. The minimum atomic E-state index is -0.809. The zero-order valence-corrected chi connectivity index (χ0v) is 19.2. The monoisotopic (exact) mass is 421 g/mol. The Morgan fingerprint density at radius 1 is 1.19 bits per heavy atom. The van der Waals surface area contributed by atoms with E-state index in [1.54, 1.807) is 0 Å². The van der Waals surface area contributed by atoms with Crippen molar-refractivity contribution in [3.8, 4) is 6.07 Å². The molecule has 1 heterocycles. The van der Waals surface area contributed by atoms with Gasteiger partial charge in [-0.25, -0.2) is 4.79 Å². The number of aryl methyl sites for hydroxylation is 3. The van der Waals surface area contributed by atoms with Gasteiger partial charge in [-0.15, -0.1) is 0 Å². The number of nitriles is 1. The first kappa shape index (κ1) is 23.9. The third-order valence-electron chi connectivity index (χ3n) is 5.44. The topological polar surface area (TPSA) is 84.1 Å². The zero-order valence-electron chi connectivity index (χ0n) is 19.2. The van der Waals surface area contributed by atoms with Gasteiger partial charge in [0.15, 0.2) is 6.61 Å². The van der Waals surface area contributed by atoms with Gasteiger partial charge in [0.2, 0.25) is 0 Å². The van der Waals surface area contributed by atoms with E-state index in [2.05, 4.69) is 16.8 Å². The molecule has 0 aliphatic rings. The quantitative estimate of drug-likeness (QED) is 0.387. The molecule has 0 saturated carbocycles. The molecule has 0 aliphatic carbocycles. The van der Waals surface area contributed by atoms with Crippen LogP contribution in [0.4, 0.5) is 0 Å². The molecule has 1 atom stereocenters. The van der Waals surface area contributed by atoms with E-state index in [9.17, 15) is 14.9 Å². The number of aromatic nitrogens is 1. The SMILES string of the molecule is CCCn1c(C)cc(/C=C(\C#N)C(=O)OCC(=O)NC(C)c2ccc(C)c(C)c2)c1C. The molecule has 1 N–H and O–H groups in total. The van der Waals surface area contributed by atoms with Crippen LogP contribution < -0.4 is 5.32 Å². The van der Waals surface area contributed by atoms with Crippen LogP contribution in [0.2, 0.25) is 0 Å². The molecule has 0 fully saturated rings. The first-order chi connectivity index (χ1) is 14.7. The highest BCUT2D eigenvalue weighted by atomic mass is 16.5. The molecule has 0 bridgehead atoms. The van der Waals surface area contributed by atoms with Crippen molar-refractivity contribution in [2.45, 2.75) is 60.5 Å². The van der Waals surface area contributed by atoms with E-state index < -0.39 is 18.5 Å². The van der Waals surface area contributed by atoms with E-state index in [0.717, 1.165) is 41.0 Å². The number of hydrogen-bond donors (Lipinski definition) is 1. The Hall–Kier alpha value is -3.33. The molecule has 164 valence electrons. The number of hydrogen-bond acceptors (Lipinski definition) is 4. The van der Waals surface area contributed by atoms with E-state index in [4.69, 9.17) is 4.74 Å². The fraction of sp³-hybridized carbons (Fsp3) is 0.400. The maximum atomic E-state index is 12.3. The highest BCUT2D eigenvalue weighted by Crippen LogP contribution is 2.19. The number of esters is 1. The molecule has 6 nitrogen and oxygen atoms in total. The largest absolute Gasteiger partial charge is 0.451 e. The van der Waals surface area contributed by atoms with E-state index in [1.807, 2.05) is 65.0 Å². The second-order valence-corrected chi connectivity index (χ2v) is 7.86. The Bertz CT molecular complexity index is 1040. The molecule has 31 heavy (non-hydrogen) atoms. The highest BCUT2D eigenvalue weighted by Gasteiger charge is 2.17. The number of rotatable bonds is 8. The zero-order chi connectivity index (χ0) is 23.1. The van der Waals surface area contributed by atoms with Crippen molar-refractivity contribution < 1.29 is 14.3 Å². The molecule has 0 radical (unpaired) electrons. The average molecular weight is 422 g/mol. The summed E-state index contributed by atoms with van der Waals surface area (Å²) in [6.45, 7) is 12.4. The first-order valence-electron chi connectivity index (χ1n) is 10.5. The maximum absolute atomic E-state index is 12.3. The number of amides is 1.